The van der Waals surface area contributed by atoms with Crippen LogP contribution in [0.1, 0.15) is 27.2 Å². The Morgan fingerprint density at radius 3 is 2.67 bits per heavy atom. The number of nitriles is 1. The molecule has 0 aliphatic heterocycles. The highest BCUT2D eigenvalue weighted by Gasteiger charge is 2.09. The van der Waals surface area contributed by atoms with Crippen molar-refractivity contribution >= 4 is 5.91 Å². The molecule has 0 bridgehead atoms. The van der Waals surface area contributed by atoms with Crippen molar-refractivity contribution in [2.75, 3.05) is 0 Å². The van der Waals surface area contributed by atoms with Gasteiger partial charge in [0, 0.05) is 6.04 Å². The molecule has 3 heteroatoms. The molecule has 0 fully saturated rings. The van der Waals surface area contributed by atoms with E-state index >= 15 is 0 Å². The van der Waals surface area contributed by atoms with E-state index in [1.807, 2.05) is 19.9 Å². The lowest BCUT2D eigenvalue weighted by molar-refractivity contribution is -0.117. The summed E-state index contributed by atoms with van der Waals surface area (Å²) >= 11 is 0. The third-order valence-corrected chi connectivity index (χ3v) is 1.64. The minimum atomic E-state index is -0.283. The second kappa shape index (κ2) is 5.36. The molecule has 0 heterocycles. The Morgan fingerprint density at radius 2 is 2.33 bits per heavy atom. The Kier molecular flexibility index (Phi) is 4.78. The molecule has 0 aromatic carbocycles. The van der Waals surface area contributed by atoms with Crippen LogP contribution in [0.2, 0.25) is 0 Å². The van der Waals surface area contributed by atoms with Gasteiger partial charge in [-0.25, -0.2) is 0 Å². The molecule has 12 heavy (non-hydrogen) atoms. The lowest BCUT2D eigenvalue weighted by Crippen LogP contribution is -2.32. The van der Waals surface area contributed by atoms with Gasteiger partial charge in [0.25, 0.3) is 5.91 Å². The van der Waals surface area contributed by atoms with Gasteiger partial charge in [0.15, 0.2) is 0 Å². The number of carbonyl (C=O) groups excluding carboxylic acids is 1. The van der Waals surface area contributed by atoms with Crippen LogP contribution < -0.4 is 5.32 Å². The molecule has 0 saturated carbocycles. The van der Waals surface area contributed by atoms with E-state index in [1.54, 1.807) is 6.92 Å². The first-order valence-electron chi connectivity index (χ1n) is 4.03. The Balaban J connectivity index is 4.15. The fourth-order valence-corrected chi connectivity index (χ4v) is 0.650. The van der Waals surface area contributed by atoms with Crippen molar-refractivity contribution < 1.29 is 4.79 Å². The molecule has 0 aromatic heterocycles. The Hall–Kier alpha value is -1.30. The van der Waals surface area contributed by atoms with E-state index in [0.717, 1.165) is 6.42 Å². The summed E-state index contributed by atoms with van der Waals surface area (Å²) in [6.07, 6.45) is 2.38. The van der Waals surface area contributed by atoms with Crippen molar-refractivity contribution in [1.82, 2.24) is 5.32 Å². The molecule has 0 rings (SSSR count). The first-order valence-corrected chi connectivity index (χ1v) is 4.03. The topological polar surface area (TPSA) is 52.9 Å². The summed E-state index contributed by atoms with van der Waals surface area (Å²) in [4.78, 5) is 11.2. The molecule has 0 aliphatic rings. The van der Waals surface area contributed by atoms with Crippen LogP contribution in [-0.4, -0.2) is 11.9 Å². The fourth-order valence-electron chi connectivity index (χ4n) is 0.650. The van der Waals surface area contributed by atoms with Crippen LogP contribution in [-0.2, 0) is 4.79 Å². The summed E-state index contributed by atoms with van der Waals surface area (Å²) < 4.78 is 0. The van der Waals surface area contributed by atoms with Gasteiger partial charge < -0.3 is 5.32 Å². The average Bonchev–Trinajstić information content (AvgIpc) is 2.06. The maximum Gasteiger partial charge on any atom is 0.261 e. The molecule has 0 spiro atoms. The van der Waals surface area contributed by atoms with Gasteiger partial charge >= 0.3 is 0 Å². The lowest BCUT2D eigenvalue weighted by Gasteiger charge is -2.09. The van der Waals surface area contributed by atoms with E-state index < -0.39 is 0 Å². The minimum absolute atomic E-state index is 0.126. The molecular weight excluding hydrogens is 152 g/mol. The summed E-state index contributed by atoms with van der Waals surface area (Å²) in [6.45, 7) is 5.56. The molecule has 3 nitrogen and oxygen atoms in total. The van der Waals surface area contributed by atoms with E-state index in [-0.39, 0.29) is 17.5 Å². The number of nitrogens with zero attached hydrogens (tertiary/aromatic N) is 1. The minimum Gasteiger partial charge on any atom is -0.349 e. The summed E-state index contributed by atoms with van der Waals surface area (Å²) in [7, 11) is 0. The Bertz CT molecular complexity index is 225. The second-order valence-electron chi connectivity index (χ2n) is 2.60. The second-order valence-corrected chi connectivity index (χ2v) is 2.60. The number of rotatable bonds is 3. The number of hydrogen-bond donors (Lipinski definition) is 1. The van der Waals surface area contributed by atoms with Crippen molar-refractivity contribution in [1.29, 1.82) is 5.26 Å². The van der Waals surface area contributed by atoms with Gasteiger partial charge in [-0.3, -0.25) is 4.79 Å². The Morgan fingerprint density at radius 1 is 1.75 bits per heavy atom. The zero-order chi connectivity index (χ0) is 9.56. The van der Waals surface area contributed by atoms with Crippen LogP contribution >= 0.6 is 0 Å². The zero-order valence-corrected chi connectivity index (χ0v) is 7.72. The largest absolute Gasteiger partial charge is 0.349 e. The summed E-state index contributed by atoms with van der Waals surface area (Å²) in [5.74, 6) is -0.283. The molecule has 1 atom stereocenters. The molecule has 66 valence electrons. The van der Waals surface area contributed by atoms with Crippen molar-refractivity contribution in [3.63, 3.8) is 0 Å². The zero-order valence-electron chi connectivity index (χ0n) is 7.72. The van der Waals surface area contributed by atoms with Crippen LogP contribution in [0.5, 0.6) is 0 Å². The summed E-state index contributed by atoms with van der Waals surface area (Å²) in [6, 6.07) is 1.96. The molecule has 0 saturated heterocycles. The van der Waals surface area contributed by atoms with E-state index in [4.69, 9.17) is 5.26 Å². The maximum atomic E-state index is 11.2. The molecule has 0 aromatic rings. The number of hydrogen-bond acceptors (Lipinski definition) is 2. The number of allylic oxidation sites excluding steroid dienone is 1. The molecule has 0 radical (unpaired) electrons. The van der Waals surface area contributed by atoms with Gasteiger partial charge in [-0.05, 0) is 20.3 Å². The third kappa shape index (κ3) is 3.20. The molecule has 1 N–H and O–H groups in total. The van der Waals surface area contributed by atoms with Gasteiger partial charge in [-0.1, -0.05) is 13.0 Å². The third-order valence-electron chi connectivity index (χ3n) is 1.64. The Labute approximate surface area is 73.1 Å². The smallest absolute Gasteiger partial charge is 0.261 e. The van der Waals surface area contributed by atoms with Gasteiger partial charge in [-0.2, -0.15) is 5.26 Å². The SMILES string of the molecule is C/C=C(\C#N)C(=O)NC(C)CC. The molecular formula is C9H14N2O. The van der Waals surface area contributed by atoms with Crippen molar-refractivity contribution in [2.45, 2.75) is 33.2 Å². The lowest BCUT2D eigenvalue weighted by atomic mass is 10.2. The number of amides is 1. The highest BCUT2D eigenvalue weighted by Crippen LogP contribution is 1.94. The number of carbonyl (C=O) groups is 1. The molecule has 1 unspecified atom stereocenters. The van der Waals surface area contributed by atoms with Gasteiger partial charge in [0.05, 0.1) is 0 Å². The van der Waals surface area contributed by atoms with E-state index in [2.05, 4.69) is 5.32 Å². The van der Waals surface area contributed by atoms with Gasteiger partial charge in [0.2, 0.25) is 0 Å². The first kappa shape index (κ1) is 10.7. The van der Waals surface area contributed by atoms with Crippen LogP contribution in [0, 0.1) is 11.3 Å². The fraction of sp³-hybridized carbons (Fsp3) is 0.556. The molecule has 0 aliphatic carbocycles. The highest BCUT2D eigenvalue weighted by atomic mass is 16.1. The maximum absolute atomic E-state index is 11.2. The van der Waals surface area contributed by atoms with Crippen LogP contribution in [0.3, 0.4) is 0 Å². The van der Waals surface area contributed by atoms with Crippen LogP contribution in [0.4, 0.5) is 0 Å². The van der Waals surface area contributed by atoms with Crippen LogP contribution in [0.25, 0.3) is 0 Å². The van der Waals surface area contributed by atoms with E-state index in [0.29, 0.717) is 0 Å². The van der Waals surface area contributed by atoms with Crippen LogP contribution in [0.15, 0.2) is 11.6 Å². The average molecular weight is 166 g/mol. The van der Waals surface area contributed by atoms with Crippen molar-refractivity contribution in [2.24, 2.45) is 0 Å². The van der Waals surface area contributed by atoms with Gasteiger partial charge in [-0.15, -0.1) is 0 Å². The quantitative estimate of drug-likeness (QED) is 0.508. The summed E-state index contributed by atoms with van der Waals surface area (Å²) in [5, 5.41) is 11.2. The predicted molar refractivity (Wildman–Crippen MR) is 47.3 cm³/mol. The molecule has 1 amide bonds. The standard InChI is InChI=1S/C9H14N2O/c1-4-7(3)11-9(12)8(5-2)6-10/h5,7H,4H2,1-3H3,(H,11,12)/b8-5+. The van der Waals surface area contributed by atoms with Gasteiger partial charge in [0.1, 0.15) is 11.6 Å². The van der Waals surface area contributed by atoms with Crippen molar-refractivity contribution in [3.8, 4) is 6.07 Å². The predicted octanol–water partition coefficient (Wildman–Crippen LogP) is 1.37. The highest BCUT2D eigenvalue weighted by molar-refractivity contribution is 5.97. The summed E-state index contributed by atoms with van der Waals surface area (Å²) in [5.41, 5.74) is 0.176. The first-order chi connectivity index (χ1) is 5.65. The van der Waals surface area contributed by atoms with E-state index in [9.17, 15) is 4.79 Å². The monoisotopic (exact) mass is 166 g/mol. The normalized spacial score (nSPS) is 13.3. The van der Waals surface area contributed by atoms with E-state index in [1.165, 1.54) is 6.08 Å². The van der Waals surface area contributed by atoms with Crippen molar-refractivity contribution in [3.05, 3.63) is 11.6 Å². The number of nitrogens with one attached hydrogen (secondary N) is 1.